The topological polar surface area (TPSA) is 81.6 Å². The average molecular weight is 333 g/mol. The summed E-state index contributed by atoms with van der Waals surface area (Å²) in [7, 11) is 1.61. The van der Waals surface area contributed by atoms with Crippen molar-refractivity contribution >= 4 is 17.7 Å². The van der Waals surface area contributed by atoms with E-state index in [2.05, 4.69) is 4.98 Å². The lowest BCUT2D eigenvalue weighted by atomic mass is 10.1. The van der Waals surface area contributed by atoms with Crippen molar-refractivity contribution in [2.45, 2.75) is 13.0 Å². The number of carbonyl (C=O) groups is 1. The third kappa shape index (κ3) is 3.07. The number of methoxy groups -OCH3 is 1. The fourth-order valence-corrected chi connectivity index (χ4v) is 3.77. The summed E-state index contributed by atoms with van der Waals surface area (Å²) in [5.74, 6) is 3.06. The highest BCUT2D eigenvalue weighted by Gasteiger charge is 2.32. The zero-order valence-corrected chi connectivity index (χ0v) is 13.9. The second-order valence-corrected chi connectivity index (χ2v) is 6.30. The van der Waals surface area contributed by atoms with E-state index in [1.807, 2.05) is 24.3 Å². The van der Waals surface area contributed by atoms with Crippen molar-refractivity contribution in [3.05, 3.63) is 35.9 Å². The van der Waals surface area contributed by atoms with Gasteiger partial charge in [0, 0.05) is 24.8 Å². The molecule has 122 valence electrons. The van der Waals surface area contributed by atoms with E-state index in [1.165, 1.54) is 0 Å². The zero-order chi connectivity index (χ0) is 16.4. The molecule has 1 fully saturated rings. The molecular formula is C16H19N3O3S. The van der Waals surface area contributed by atoms with Gasteiger partial charge in [-0.15, -0.1) is 11.8 Å². The molecule has 1 amide bonds. The summed E-state index contributed by atoms with van der Waals surface area (Å²) in [6, 6.07) is 7.42. The Balaban J connectivity index is 1.95. The first-order valence-electron chi connectivity index (χ1n) is 7.34. The Hall–Kier alpha value is -1.99. The number of nitrogens with two attached hydrogens (primary N) is 1. The molecule has 1 aliphatic rings. The van der Waals surface area contributed by atoms with Crippen molar-refractivity contribution in [2.75, 3.05) is 25.3 Å². The normalized spacial score (nSPS) is 17.5. The maximum atomic E-state index is 12.9. The lowest BCUT2D eigenvalue weighted by Crippen LogP contribution is -2.41. The van der Waals surface area contributed by atoms with Crippen LogP contribution in [0.2, 0.25) is 0 Å². The van der Waals surface area contributed by atoms with Crippen LogP contribution in [0.25, 0.3) is 11.3 Å². The van der Waals surface area contributed by atoms with Crippen molar-refractivity contribution in [2.24, 2.45) is 5.73 Å². The zero-order valence-electron chi connectivity index (χ0n) is 13.1. The fraction of sp³-hybridized carbons (Fsp3) is 0.375. The van der Waals surface area contributed by atoms with Crippen LogP contribution in [0, 0.1) is 6.92 Å². The van der Waals surface area contributed by atoms with Gasteiger partial charge in [0.25, 0.3) is 5.91 Å². The highest BCUT2D eigenvalue weighted by atomic mass is 32.2. The summed E-state index contributed by atoms with van der Waals surface area (Å²) in [5.41, 5.74) is 6.90. The highest BCUT2D eigenvalue weighted by molar-refractivity contribution is 7.99. The van der Waals surface area contributed by atoms with Gasteiger partial charge in [-0.1, -0.05) is 0 Å². The molecule has 1 saturated heterocycles. The van der Waals surface area contributed by atoms with Crippen LogP contribution in [-0.4, -0.2) is 47.1 Å². The van der Waals surface area contributed by atoms with E-state index >= 15 is 0 Å². The van der Waals surface area contributed by atoms with Crippen LogP contribution >= 0.6 is 11.8 Å². The monoisotopic (exact) mass is 333 g/mol. The largest absolute Gasteiger partial charge is 0.497 e. The third-order valence-electron chi connectivity index (χ3n) is 3.80. The number of carbonyl (C=O) groups excluding carboxylic acids is 1. The predicted molar refractivity (Wildman–Crippen MR) is 89.6 cm³/mol. The number of hydrogen-bond donors (Lipinski definition) is 1. The van der Waals surface area contributed by atoms with E-state index in [1.54, 1.807) is 30.7 Å². The third-order valence-corrected chi connectivity index (χ3v) is 4.88. The van der Waals surface area contributed by atoms with Gasteiger partial charge in [0.05, 0.1) is 19.0 Å². The number of amides is 1. The van der Waals surface area contributed by atoms with Crippen LogP contribution in [0.4, 0.5) is 0 Å². The van der Waals surface area contributed by atoms with Gasteiger partial charge in [0.15, 0.2) is 17.3 Å². The minimum absolute atomic E-state index is 0.0493. The number of thioether (sulfide) groups is 1. The molecule has 0 bridgehead atoms. The molecule has 2 heterocycles. The van der Waals surface area contributed by atoms with Crippen molar-refractivity contribution in [3.8, 4) is 17.1 Å². The van der Waals surface area contributed by atoms with Gasteiger partial charge in [0.2, 0.25) is 0 Å². The Morgan fingerprint density at radius 3 is 2.87 bits per heavy atom. The number of hydrogen-bond acceptors (Lipinski definition) is 6. The maximum absolute atomic E-state index is 12.9. The molecule has 0 aliphatic carbocycles. The first-order chi connectivity index (χ1) is 11.1. The summed E-state index contributed by atoms with van der Waals surface area (Å²) in [4.78, 5) is 18.9. The number of oxazole rings is 1. The molecule has 0 unspecified atom stereocenters. The van der Waals surface area contributed by atoms with Gasteiger partial charge in [0.1, 0.15) is 5.75 Å². The van der Waals surface area contributed by atoms with Crippen molar-refractivity contribution in [3.63, 3.8) is 0 Å². The van der Waals surface area contributed by atoms with Gasteiger partial charge in [-0.3, -0.25) is 4.79 Å². The van der Waals surface area contributed by atoms with Gasteiger partial charge in [-0.05, 0) is 24.3 Å². The molecule has 0 saturated carbocycles. The number of aryl methyl sites for hydroxylation is 1. The molecule has 6 nitrogen and oxygen atoms in total. The number of benzene rings is 1. The quantitative estimate of drug-likeness (QED) is 0.923. The number of rotatable bonds is 4. The molecule has 23 heavy (non-hydrogen) atoms. The molecule has 0 spiro atoms. The standard InChI is InChI=1S/C16H19N3O3S/c1-10-18-14(16(20)19-9-23-8-12(19)7-17)15(22-10)11-3-5-13(21-2)6-4-11/h3-6,12H,7-9,17H2,1-2H3/t12-/m1/s1. The molecule has 0 radical (unpaired) electrons. The number of nitrogens with zero attached hydrogens (tertiary/aromatic N) is 2. The minimum Gasteiger partial charge on any atom is -0.497 e. The van der Waals surface area contributed by atoms with Crippen LogP contribution < -0.4 is 10.5 Å². The van der Waals surface area contributed by atoms with Crippen LogP contribution in [-0.2, 0) is 0 Å². The lowest BCUT2D eigenvalue weighted by Gasteiger charge is -2.21. The van der Waals surface area contributed by atoms with Crippen LogP contribution in [0.1, 0.15) is 16.4 Å². The number of aromatic nitrogens is 1. The van der Waals surface area contributed by atoms with Gasteiger partial charge >= 0.3 is 0 Å². The van der Waals surface area contributed by atoms with E-state index in [9.17, 15) is 4.79 Å². The summed E-state index contributed by atoms with van der Waals surface area (Å²) >= 11 is 1.70. The van der Waals surface area contributed by atoms with Gasteiger partial charge in [-0.25, -0.2) is 4.98 Å². The molecule has 2 N–H and O–H groups in total. The first kappa shape index (κ1) is 15.9. The predicted octanol–water partition coefficient (Wildman–Crippen LogP) is 2.13. The Morgan fingerprint density at radius 2 is 2.22 bits per heavy atom. The number of ether oxygens (including phenoxy) is 1. The summed E-state index contributed by atoms with van der Waals surface area (Å²) in [5, 5.41) is 0. The minimum atomic E-state index is -0.131. The summed E-state index contributed by atoms with van der Waals surface area (Å²) in [6.07, 6.45) is 0. The molecule has 1 aromatic carbocycles. The Bertz CT molecular complexity index is 699. The molecule has 1 aromatic heterocycles. The lowest BCUT2D eigenvalue weighted by molar-refractivity contribution is 0.0747. The first-order valence-corrected chi connectivity index (χ1v) is 8.50. The van der Waals surface area contributed by atoms with E-state index < -0.39 is 0 Å². The Morgan fingerprint density at radius 1 is 1.48 bits per heavy atom. The van der Waals surface area contributed by atoms with Crippen molar-refractivity contribution < 1.29 is 13.9 Å². The summed E-state index contributed by atoms with van der Waals surface area (Å²) < 4.78 is 10.8. The molecule has 1 aliphatic heterocycles. The van der Waals surface area contributed by atoms with E-state index in [-0.39, 0.29) is 11.9 Å². The second kappa shape index (κ2) is 6.64. The molecule has 7 heteroatoms. The van der Waals surface area contributed by atoms with E-state index in [4.69, 9.17) is 14.9 Å². The SMILES string of the molecule is COc1ccc(-c2oc(C)nc2C(=O)N2CSC[C@H]2CN)cc1. The van der Waals surface area contributed by atoms with Crippen LogP contribution in [0.15, 0.2) is 28.7 Å². The van der Waals surface area contributed by atoms with Gasteiger partial charge in [-0.2, -0.15) is 0 Å². The Kier molecular flexibility index (Phi) is 4.58. The summed E-state index contributed by atoms with van der Waals surface area (Å²) in [6.45, 7) is 2.19. The second-order valence-electron chi connectivity index (χ2n) is 5.30. The molecule has 3 rings (SSSR count). The van der Waals surface area contributed by atoms with Crippen LogP contribution in [0.5, 0.6) is 5.75 Å². The molecular weight excluding hydrogens is 314 g/mol. The van der Waals surface area contributed by atoms with E-state index in [0.717, 1.165) is 17.1 Å². The average Bonchev–Trinajstić information content (AvgIpc) is 3.20. The van der Waals surface area contributed by atoms with Crippen molar-refractivity contribution in [1.82, 2.24) is 9.88 Å². The fourth-order valence-electron chi connectivity index (χ4n) is 2.55. The van der Waals surface area contributed by atoms with E-state index in [0.29, 0.717) is 29.8 Å². The smallest absolute Gasteiger partial charge is 0.277 e. The molecule has 2 aromatic rings. The van der Waals surface area contributed by atoms with Gasteiger partial charge < -0.3 is 19.8 Å². The maximum Gasteiger partial charge on any atom is 0.277 e. The van der Waals surface area contributed by atoms with Crippen LogP contribution in [0.3, 0.4) is 0 Å². The van der Waals surface area contributed by atoms with Crippen molar-refractivity contribution in [1.29, 1.82) is 0 Å². The highest BCUT2D eigenvalue weighted by Crippen LogP contribution is 2.30. The molecule has 1 atom stereocenters. The Labute approximate surface area is 139 Å².